The van der Waals surface area contributed by atoms with Gasteiger partial charge in [-0.05, 0) is 104 Å². The van der Waals surface area contributed by atoms with Crippen LogP contribution in [0.3, 0.4) is 0 Å². The van der Waals surface area contributed by atoms with E-state index in [1.807, 2.05) is 0 Å². The van der Waals surface area contributed by atoms with E-state index in [4.69, 9.17) is 0 Å². The van der Waals surface area contributed by atoms with Crippen LogP contribution in [0.15, 0.2) is 11.6 Å². The lowest BCUT2D eigenvalue weighted by Gasteiger charge is -2.72. The molecule has 0 aromatic heterocycles. The van der Waals surface area contributed by atoms with Crippen molar-refractivity contribution in [3.8, 4) is 0 Å². The van der Waals surface area contributed by atoms with Crippen LogP contribution < -0.4 is 0 Å². The Labute approximate surface area is 208 Å². The third kappa shape index (κ3) is 2.87. The zero-order chi connectivity index (χ0) is 25.2. The molecule has 5 aliphatic carbocycles. The van der Waals surface area contributed by atoms with Gasteiger partial charge in [-0.25, -0.2) is 0 Å². The molecular weight excluding hydrogens is 420 g/mol. The van der Waals surface area contributed by atoms with Crippen LogP contribution in [0, 0.1) is 50.2 Å². The number of fused-ring (bicyclic) bond motifs is 7. The van der Waals surface area contributed by atoms with Crippen LogP contribution in [-0.4, -0.2) is 33.6 Å². The van der Waals surface area contributed by atoms with E-state index < -0.39 is 17.1 Å². The molecule has 4 saturated carbocycles. The number of rotatable bonds is 1. The van der Waals surface area contributed by atoms with Gasteiger partial charge in [0.25, 0.3) is 0 Å². The largest absolute Gasteiger partial charge is 0.396 e. The van der Waals surface area contributed by atoms with Crippen molar-refractivity contribution < 1.29 is 15.3 Å². The van der Waals surface area contributed by atoms with Crippen molar-refractivity contribution in [1.29, 1.82) is 0 Å². The van der Waals surface area contributed by atoms with E-state index in [9.17, 15) is 15.3 Å². The Bertz CT molecular complexity index is 889. The van der Waals surface area contributed by atoms with Crippen molar-refractivity contribution in [2.45, 2.75) is 125 Å². The summed E-state index contributed by atoms with van der Waals surface area (Å²) in [6, 6.07) is 0. The van der Waals surface area contributed by atoms with Gasteiger partial charge in [0.15, 0.2) is 0 Å². The summed E-state index contributed by atoms with van der Waals surface area (Å²) >= 11 is 0. The molecule has 34 heavy (non-hydrogen) atoms. The molecule has 3 N–H and O–H groups in total. The van der Waals surface area contributed by atoms with E-state index in [1.165, 1.54) is 12.8 Å². The maximum Gasteiger partial charge on any atom is 0.0683 e. The molecule has 3 nitrogen and oxygen atoms in total. The third-order valence-electron chi connectivity index (χ3n) is 13.7. The summed E-state index contributed by atoms with van der Waals surface area (Å²) in [7, 11) is 0. The summed E-state index contributed by atoms with van der Waals surface area (Å²) in [6.07, 6.45) is 11.8. The highest BCUT2D eigenvalue weighted by Crippen LogP contribution is 2.76. The summed E-state index contributed by atoms with van der Waals surface area (Å²) in [5, 5.41) is 33.1. The first-order valence-corrected chi connectivity index (χ1v) is 14.2. The molecule has 0 radical (unpaired) electrons. The first kappa shape index (κ1) is 25.3. The van der Waals surface area contributed by atoms with Gasteiger partial charge in [-0.15, -0.1) is 0 Å². The van der Waals surface area contributed by atoms with E-state index in [2.05, 4.69) is 61.5 Å². The van der Waals surface area contributed by atoms with Crippen LogP contribution in [-0.2, 0) is 0 Å². The molecule has 0 amide bonds. The van der Waals surface area contributed by atoms with Gasteiger partial charge in [-0.1, -0.05) is 60.1 Å². The topological polar surface area (TPSA) is 60.7 Å². The fraction of sp³-hybridized carbons (Fsp3) is 0.935. The molecule has 0 aliphatic heterocycles. The predicted molar refractivity (Wildman–Crippen MR) is 138 cm³/mol. The Kier molecular flexibility index (Phi) is 5.30. The molecule has 5 rings (SSSR count). The van der Waals surface area contributed by atoms with Gasteiger partial charge in [-0.3, -0.25) is 0 Å². The fourth-order valence-electron chi connectivity index (χ4n) is 11.3. The molecule has 0 bridgehead atoms. The Morgan fingerprint density at radius 2 is 1.53 bits per heavy atom. The van der Waals surface area contributed by atoms with E-state index in [0.29, 0.717) is 17.8 Å². The number of hydrogen-bond donors (Lipinski definition) is 3. The van der Waals surface area contributed by atoms with Crippen molar-refractivity contribution in [3.05, 3.63) is 11.6 Å². The van der Waals surface area contributed by atoms with E-state index in [-0.39, 0.29) is 33.7 Å². The van der Waals surface area contributed by atoms with Gasteiger partial charge in [0.2, 0.25) is 0 Å². The molecule has 5 aliphatic rings. The van der Waals surface area contributed by atoms with Gasteiger partial charge >= 0.3 is 0 Å². The molecule has 0 unspecified atom stereocenters. The van der Waals surface area contributed by atoms with Crippen LogP contribution in [0.1, 0.15) is 113 Å². The van der Waals surface area contributed by atoms with Crippen molar-refractivity contribution in [2.75, 3.05) is 6.61 Å². The summed E-state index contributed by atoms with van der Waals surface area (Å²) in [5.74, 6) is 1.39. The van der Waals surface area contributed by atoms with Crippen LogP contribution >= 0.6 is 0 Å². The molecule has 0 aromatic rings. The monoisotopic (exact) mass is 472 g/mol. The van der Waals surface area contributed by atoms with Crippen molar-refractivity contribution in [2.24, 2.45) is 50.2 Å². The highest BCUT2D eigenvalue weighted by molar-refractivity contribution is 5.35. The Balaban J connectivity index is 1.59. The molecule has 0 aromatic carbocycles. The SMILES string of the molecule is CC1(C)C[C@H]2C3=CC[C@@H]4[C@@]5(C)CC[C@H](O)[C@](C)(CO)[C@@H]5CC[C@@]4(C)[C@]3(C)CC[C@@]2(C)[C@](C)(O)C1. The molecule has 0 saturated heterocycles. The number of allylic oxidation sites excluding steroid dienone is 2. The lowest BCUT2D eigenvalue weighted by Crippen LogP contribution is -2.67. The quantitative estimate of drug-likeness (QED) is 0.382. The van der Waals surface area contributed by atoms with Crippen LogP contribution in [0.25, 0.3) is 0 Å². The van der Waals surface area contributed by atoms with Crippen molar-refractivity contribution >= 4 is 0 Å². The summed E-state index contributed by atoms with van der Waals surface area (Å²) < 4.78 is 0. The van der Waals surface area contributed by atoms with E-state index in [1.54, 1.807) is 5.57 Å². The lowest BCUT2D eigenvalue weighted by atomic mass is 9.33. The first-order valence-electron chi connectivity index (χ1n) is 14.2. The van der Waals surface area contributed by atoms with Crippen LogP contribution in [0.4, 0.5) is 0 Å². The van der Waals surface area contributed by atoms with Gasteiger partial charge in [0.05, 0.1) is 18.3 Å². The number of hydrogen-bond acceptors (Lipinski definition) is 3. The highest BCUT2D eigenvalue weighted by Gasteiger charge is 2.70. The van der Waals surface area contributed by atoms with E-state index >= 15 is 0 Å². The number of aliphatic hydroxyl groups is 3. The van der Waals surface area contributed by atoms with Crippen molar-refractivity contribution in [3.63, 3.8) is 0 Å². The average Bonchev–Trinajstić information content (AvgIpc) is 2.72. The first-order chi connectivity index (χ1) is 15.5. The average molecular weight is 473 g/mol. The fourth-order valence-corrected chi connectivity index (χ4v) is 11.3. The second-order valence-corrected chi connectivity index (χ2v) is 15.8. The second-order valence-electron chi connectivity index (χ2n) is 15.8. The van der Waals surface area contributed by atoms with Crippen molar-refractivity contribution in [1.82, 2.24) is 0 Å². The highest BCUT2D eigenvalue weighted by atomic mass is 16.3. The Morgan fingerprint density at radius 1 is 0.853 bits per heavy atom. The lowest BCUT2D eigenvalue weighted by molar-refractivity contribution is -0.225. The minimum absolute atomic E-state index is 0.0530. The minimum Gasteiger partial charge on any atom is -0.396 e. The molecule has 0 heterocycles. The summed E-state index contributed by atoms with van der Waals surface area (Å²) in [6.45, 7) is 19.1. The predicted octanol–water partition coefficient (Wildman–Crippen LogP) is 6.50. The molecule has 3 heteroatoms. The second kappa shape index (κ2) is 7.13. The Morgan fingerprint density at radius 3 is 2.18 bits per heavy atom. The maximum absolute atomic E-state index is 11.8. The standard InChI is InChI=1S/C31H52O3/c1-25(2)17-21-20-9-10-23-26(3)13-12-24(33)27(4,19-32)22(26)11-14-30(23,7)28(20,5)15-16-29(21,6)31(8,34)18-25/h9,21-24,32-34H,10-19H2,1-8H3/t21-,22+,23+,24-,26-,27+,28+,29+,30+,31+/m0/s1. The molecule has 194 valence electrons. The smallest absolute Gasteiger partial charge is 0.0683 e. The van der Waals surface area contributed by atoms with Gasteiger partial charge in [0, 0.05) is 10.8 Å². The van der Waals surface area contributed by atoms with Gasteiger partial charge < -0.3 is 15.3 Å². The number of aliphatic hydroxyl groups excluding tert-OH is 2. The maximum atomic E-state index is 11.8. The summed E-state index contributed by atoms with van der Waals surface area (Å²) in [5.41, 5.74) is 1.25. The Hall–Kier alpha value is -0.380. The van der Waals surface area contributed by atoms with Crippen LogP contribution in [0.5, 0.6) is 0 Å². The molecule has 10 atom stereocenters. The minimum atomic E-state index is -0.634. The van der Waals surface area contributed by atoms with Crippen LogP contribution in [0.2, 0.25) is 0 Å². The van der Waals surface area contributed by atoms with E-state index in [0.717, 1.165) is 44.9 Å². The molecule has 4 fully saturated rings. The summed E-state index contributed by atoms with van der Waals surface area (Å²) in [4.78, 5) is 0. The van der Waals surface area contributed by atoms with Gasteiger partial charge in [-0.2, -0.15) is 0 Å². The molecular formula is C31H52O3. The zero-order valence-corrected chi connectivity index (χ0v) is 23.3. The zero-order valence-electron chi connectivity index (χ0n) is 23.3. The normalized spacial score (nSPS) is 58.6. The van der Waals surface area contributed by atoms with Gasteiger partial charge in [0.1, 0.15) is 0 Å². The molecule has 0 spiro atoms. The third-order valence-corrected chi connectivity index (χ3v) is 13.7.